The number of amides is 4. The Morgan fingerprint density at radius 3 is 2.31 bits per heavy atom. The Morgan fingerprint density at radius 1 is 0.833 bits per heavy atom. The van der Waals surface area contributed by atoms with Crippen LogP contribution in [0.1, 0.15) is 26.3 Å². The second-order valence-electron chi connectivity index (χ2n) is 8.85. The third kappa shape index (κ3) is 8.09. The van der Waals surface area contributed by atoms with Crippen molar-refractivity contribution in [3.05, 3.63) is 126 Å². The summed E-state index contributed by atoms with van der Waals surface area (Å²) >= 11 is 1.25. The van der Waals surface area contributed by atoms with Crippen molar-refractivity contribution in [2.75, 3.05) is 23.5 Å². The molecule has 4 aromatic carbocycles. The maximum Gasteiger partial charge on any atom is 0.272 e. The second kappa shape index (κ2) is 14.3. The fourth-order valence-electron chi connectivity index (χ4n) is 3.89. The summed E-state index contributed by atoms with van der Waals surface area (Å²) < 4.78 is 5.40. The van der Waals surface area contributed by atoms with Crippen LogP contribution in [0.4, 0.5) is 11.4 Å². The van der Waals surface area contributed by atoms with Gasteiger partial charge in [0.2, 0.25) is 5.91 Å². The molecule has 0 fully saturated rings. The minimum Gasteiger partial charge on any atom is -0.496 e. The molecule has 0 saturated carbocycles. The quantitative estimate of drug-likeness (QED) is 0.146. The van der Waals surface area contributed by atoms with E-state index in [0.717, 1.165) is 4.90 Å². The van der Waals surface area contributed by atoms with E-state index in [4.69, 9.17) is 10.5 Å². The molecule has 0 unspecified atom stereocenters. The zero-order valence-electron chi connectivity index (χ0n) is 22.6. The van der Waals surface area contributed by atoms with Crippen molar-refractivity contribution in [1.29, 1.82) is 0 Å². The first-order chi connectivity index (χ1) is 20.3. The SMILES string of the molecule is COc1ccccc1/C=C(/NC(=O)c1ccccc1)C(=O)Nc1cccc(SCC(=O)Nc2ccccc2C(N)=O)c1. The molecule has 10 heteroatoms. The molecule has 0 heterocycles. The number of methoxy groups -OCH3 is 1. The molecule has 4 aromatic rings. The minimum atomic E-state index is -0.638. The number of hydrogen-bond donors (Lipinski definition) is 4. The molecule has 0 aliphatic carbocycles. The number of anilines is 2. The van der Waals surface area contributed by atoms with E-state index in [-0.39, 0.29) is 22.9 Å². The first kappa shape index (κ1) is 29.6. The highest BCUT2D eigenvalue weighted by Gasteiger charge is 2.17. The Hall–Kier alpha value is -5.35. The fourth-order valence-corrected chi connectivity index (χ4v) is 4.64. The highest BCUT2D eigenvalue weighted by molar-refractivity contribution is 8.00. The molecule has 212 valence electrons. The number of carbonyl (C=O) groups is 4. The Kier molecular flexibility index (Phi) is 10.1. The highest BCUT2D eigenvalue weighted by Crippen LogP contribution is 2.24. The number of primary amides is 1. The van der Waals surface area contributed by atoms with Gasteiger partial charge in [-0.05, 0) is 54.6 Å². The lowest BCUT2D eigenvalue weighted by atomic mass is 10.1. The summed E-state index contributed by atoms with van der Waals surface area (Å²) in [6.45, 7) is 0. The number of rotatable bonds is 11. The van der Waals surface area contributed by atoms with Crippen molar-refractivity contribution >= 4 is 52.8 Å². The van der Waals surface area contributed by atoms with E-state index in [1.165, 1.54) is 24.9 Å². The Morgan fingerprint density at radius 2 is 1.55 bits per heavy atom. The second-order valence-corrected chi connectivity index (χ2v) is 9.90. The van der Waals surface area contributed by atoms with Crippen LogP contribution >= 0.6 is 11.8 Å². The summed E-state index contributed by atoms with van der Waals surface area (Å²) in [5, 5.41) is 8.22. The van der Waals surface area contributed by atoms with E-state index in [9.17, 15) is 19.2 Å². The van der Waals surface area contributed by atoms with Crippen LogP contribution in [-0.4, -0.2) is 36.5 Å². The fraction of sp³-hybridized carbons (Fsp3) is 0.0625. The molecule has 4 rings (SSSR count). The molecule has 0 bridgehead atoms. The summed E-state index contributed by atoms with van der Waals surface area (Å²) in [7, 11) is 1.52. The van der Waals surface area contributed by atoms with Gasteiger partial charge < -0.3 is 26.4 Å². The van der Waals surface area contributed by atoms with Crippen molar-refractivity contribution in [2.45, 2.75) is 4.90 Å². The standard InChI is InChI=1S/C32H28N4O5S/c1-41-28-17-8-5-12-22(28)18-27(36-31(39)21-10-3-2-4-11-21)32(40)34-23-13-9-14-24(19-23)42-20-29(37)35-26-16-7-6-15-25(26)30(33)38/h2-19H,20H2,1H3,(H2,33,38)(H,34,40)(H,35,37)(H,36,39)/b27-18+. The van der Waals surface area contributed by atoms with E-state index in [1.807, 2.05) is 0 Å². The van der Waals surface area contributed by atoms with Crippen molar-refractivity contribution in [1.82, 2.24) is 5.32 Å². The van der Waals surface area contributed by atoms with Crippen LogP contribution < -0.4 is 26.4 Å². The van der Waals surface area contributed by atoms with E-state index >= 15 is 0 Å². The molecule has 9 nitrogen and oxygen atoms in total. The number of benzene rings is 4. The number of nitrogens with two attached hydrogens (primary N) is 1. The van der Waals surface area contributed by atoms with Crippen molar-refractivity contribution in [3.63, 3.8) is 0 Å². The molecule has 0 atom stereocenters. The Balaban J connectivity index is 1.48. The van der Waals surface area contributed by atoms with Crippen LogP contribution in [0.2, 0.25) is 0 Å². The van der Waals surface area contributed by atoms with Gasteiger partial charge in [0.05, 0.1) is 24.1 Å². The topological polar surface area (TPSA) is 140 Å². The van der Waals surface area contributed by atoms with Gasteiger partial charge in [0.25, 0.3) is 17.7 Å². The average Bonchev–Trinajstić information content (AvgIpc) is 3.00. The number of hydrogen-bond acceptors (Lipinski definition) is 6. The molecule has 0 aliphatic heterocycles. The maximum absolute atomic E-state index is 13.4. The lowest BCUT2D eigenvalue weighted by molar-refractivity contribution is -0.114. The Labute approximate surface area is 247 Å². The maximum atomic E-state index is 13.4. The van der Waals surface area contributed by atoms with Gasteiger partial charge in [-0.15, -0.1) is 11.8 Å². The predicted molar refractivity (Wildman–Crippen MR) is 164 cm³/mol. The van der Waals surface area contributed by atoms with Crippen LogP contribution in [0, 0.1) is 0 Å². The van der Waals surface area contributed by atoms with Gasteiger partial charge in [-0.2, -0.15) is 0 Å². The van der Waals surface area contributed by atoms with Gasteiger partial charge in [0, 0.05) is 21.7 Å². The van der Waals surface area contributed by atoms with E-state index in [0.29, 0.717) is 28.3 Å². The number of para-hydroxylation sites is 2. The highest BCUT2D eigenvalue weighted by atomic mass is 32.2. The van der Waals surface area contributed by atoms with Gasteiger partial charge in [-0.1, -0.05) is 54.6 Å². The van der Waals surface area contributed by atoms with E-state index in [2.05, 4.69) is 16.0 Å². The van der Waals surface area contributed by atoms with Crippen LogP contribution in [-0.2, 0) is 9.59 Å². The molecule has 0 aromatic heterocycles. The Bertz CT molecular complexity index is 1640. The zero-order chi connectivity index (χ0) is 29.9. The van der Waals surface area contributed by atoms with Crippen LogP contribution in [0.5, 0.6) is 5.75 Å². The number of ether oxygens (including phenoxy) is 1. The lowest BCUT2D eigenvalue weighted by Crippen LogP contribution is -2.30. The normalized spacial score (nSPS) is 10.8. The van der Waals surface area contributed by atoms with Gasteiger partial charge in [-0.25, -0.2) is 0 Å². The van der Waals surface area contributed by atoms with Crippen LogP contribution in [0.3, 0.4) is 0 Å². The minimum absolute atomic E-state index is 0.0129. The third-order valence-corrected chi connectivity index (χ3v) is 6.89. The van der Waals surface area contributed by atoms with Crippen molar-refractivity contribution < 1.29 is 23.9 Å². The largest absolute Gasteiger partial charge is 0.496 e. The summed E-state index contributed by atoms with van der Waals surface area (Å²) in [5.41, 5.74) is 7.41. The van der Waals surface area contributed by atoms with Crippen LogP contribution in [0.15, 0.2) is 114 Å². The van der Waals surface area contributed by atoms with Gasteiger partial charge >= 0.3 is 0 Å². The van der Waals surface area contributed by atoms with Crippen molar-refractivity contribution in [3.8, 4) is 5.75 Å². The molecule has 0 aliphatic rings. The van der Waals surface area contributed by atoms with E-state index < -0.39 is 17.7 Å². The monoisotopic (exact) mass is 580 g/mol. The molecule has 0 radical (unpaired) electrons. The summed E-state index contributed by atoms with van der Waals surface area (Å²) in [4.78, 5) is 51.2. The summed E-state index contributed by atoms with van der Waals surface area (Å²) in [6.07, 6.45) is 1.54. The zero-order valence-corrected chi connectivity index (χ0v) is 23.4. The summed E-state index contributed by atoms with van der Waals surface area (Å²) in [6, 6.07) is 29.1. The van der Waals surface area contributed by atoms with E-state index in [1.54, 1.807) is 103 Å². The third-order valence-electron chi connectivity index (χ3n) is 5.90. The molecular weight excluding hydrogens is 552 g/mol. The molecule has 5 N–H and O–H groups in total. The molecule has 0 spiro atoms. The van der Waals surface area contributed by atoms with Gasteiger partial charge in [-0.3, -0.25) is 19.2 Å². The van der Waals surface area contributed by atoms with Gasteiger partial charge in [0.1, 0.15) is 11.4 Å². The molecule has 0 saturated heterocycles. The predicted octanol–water partition coefficient (Wildman–Crippen LogP) is 4.93. The molecular formula is C32H28N4O5S. The number of carbonyl (C=O) groups excluding carboxylic acids is 4. The van der Waals surface area contributed by atoms with Crippen molar-refractivity contribution in [2.24, 2.45) is 5.73 Å². The average molecular weight is 581 g/mol. The number of nitrogens with one attached hydrogen (secondary N) is 3. The smallest absolute Gasteiger partial charge is 0.272 e. The lowest BCUT2D eigenvalue weighted by Gasteiger charge is -2.13. The molecule has 4 amide bonds. The molecule has 42 heavy (non-hydrogen) atoms. The first-order valence-electron chi connectivity index (χ1n) is 12.8. The van der Waals surface area contributed by atoms with Gasteiger partial charge in [0.15, 0.2) is 0 Å². The number of thioether (sulfide) groups is 1. The first-order valence-corrected chi connectivity index (χ1v) is 13.8. The van der Waals surface area contributed by atoms with Crippen LogP contribution in [0.25, 0.3) is 6.08 Å². The summed E-state index contributed by atoms with van der Waals surface area (Å²) in [5.74, 6) is -1.37.